The molecule has 3 aromatic carbocycles. The van der Waals surface area contributed by atoms with Crippen LogP contribution in [0.3, 0.4) is 0 Å². The lowest BCUT2D eigenvalue weighted by atomic mass is 9.87. The number of carbonyl (C=O) groups is 3. The maximum Gasteiger partial charge on any atom is 0.255 e. The van der Waals surface area contributed by atoms with Gasteiger partial charge in [0.25, 0.3) is 5.91 Å². The molecule has 3 N–H and O–H groups in total. The summed E-state index contributed by atoms with van der Waals surface area (Å²) in [5.74, 6) is 1.31. The fraction of sp³-hybridized carbons (Fsp3) is 0.468. The molecule has 0 spiro atoms. The minimum absolute atomic E-state index is 0.0876. The van der Waals surface area contributed by atoms with E-state index in [1.54, 1.807) is 37.6 Å². The highest BCUT2D eigenvalue weighted by Crippen LogP contribution is 2.41. The second kappa shape index (κ2) is 18.3. The van der Waals surface area contributed by atoms with Crippen molar-refractivity contribution in [3.63, 3.8) is 0 Å². The number of para-hydroxylation sites is 1. The third-order valence-electron chi connectivity index (χ3n) is 13.6. The van der Waals surface area contributed by atoms with Gasteiger partial charge < -0.3 is 34.5 Å². The Bertz CT molecular complexity index is 2480. The van der Waals surface area contributed by atoms with Crippen molar-refractivity contribution in [2.24, 2.45) is 0 Å². The zero-order chi connectivity index (χ0) is 44.7. The lowest BCUT2D eigenvalue weighted by Gasteiger charge is -2.48. The van der Waals surface area contributed by atoms with Gasteiger partial charge in [0, 0.05) is 98.8 Å². The zero-order valence-electron chi connectivity index (χ0n) is 36.9. The van der Waals surface area contributed by atoms with Crippen molar-refractivity contribution in [3.8, 4) is 11.5 Å². The van der Waals surface area contributed by atoms with Gasteiger partial charge in [0.2, 0.25) is 17.8 Å². The van der Waals surface area contributed by atoms with E-state index in [1.807, 2.05) is 36.4 Å². The first-order chi connectivity index (χ1) is 30.9. The van der Waals surface area contributed by atoms with E-state index in [0.29, 0.717) is 58.8 Å². The number of hydrogen-bond acceptors (Lipinski definition) is 13. The molecule has 3 saturated heterocycles. The molecule has 1 aliphatic carbocycles. The fourth-order valence-corrected chi connectivity index (χ4v) is 11.3. The number of aromatic nitrogens is 2. The summed E-state index contributed by atoms with van der Waals surface area (Å²) in [5.41, 5.74) is 5.26. The van der Waals surface area contributed by atoms with Gasteiger partial charge in [0.05, 0.1) is 31.2 Å². The van der Waals surface area contributed by atoms with Gasteiger partial charge in [0.15, 0.2) is 5.82 Å². The third kappa shape index (κ3) is 9.05. The summed E-state index contributed by atoms with van der Waals surface area (Å²) in [7, 11) is -0.880. The Morgan fingerprint density at radius 3 is 2.31 bits per heavy atom. The van der Waals surface area contributed by atoms with Crippen molar-refractivity contribution >= 4 is 70.6 Å². The van der Waals surface area contributed by atoms with Crippen molar-refractivity contribution in [2.45, 2.75) is 82.6 Å². The number of imide groups is 1. The number of amides is 3. The van der Waals surface area contributed by atoms with Gasteiger partial charge in [-0.15, -0.1) is 0 Å². The smallest absolute Gasteiger partial charge is 0.255 e. The number of nitrogens with one attached hydrogen (secondary N) is 3. The molecule has 338 valence electrons. The first-order valence-electron chi connectivity index (χ1n) is 22.4. The van der Waals surface area contributed by atoms with Gasteiger partial charge in [-0.25, -0.2) is 4.98 Å². The Balaban J connectivity index is 0.760. The van der Waals surface area contributed by atoms with Crippen LogP contribution in [0.4, 0.5) is 28.8 Å². The van der Waals surface area contributed by atoms with Crippen molar-refractivity contribution in [2.75, 3.05) is 75.2 Å². The van der Waals surface area contributed by atoms with E-state index < -0.39 is 19.1 Å². The van der Waals surface area contributed by atoms with Crippen LogP contribution >= 0.6 is 18.7 Å². The Kier molecular flexibility index (Phi) is 12.6. The number of benzene rings is 3. The summed E-state index contributed by atoms with van der Waals surface area (Å²) >= 11 is 6.54. The molecule has 0 radical (unpaired) electrons. The molecule has 15 nitrogen and oxygen atoms in total. The van der Waals surface area contributed by atoms with Gasteiger partial charge >= 0.3 is 0 Å². The largest absolute Gasteiger partial charge is 0.494 e. The predicted octanol–water partition coefficient (Wildman–Crippen LogP) is 6.39. The van der Waals surface area contributed by atoms with E-state index in [2.05, 4.69) is 54.7 Å². The lowest BCUT2D eigenvalue weighted by molar-refractivity contribution is -0.136. The number of anilines is 5. The molecule has 4 aliphatic heterocycles. The molecule has 5 aliphatic rings. The highest BCUT2D eigenvalue weighted by molar-refractivity contribution is 7.70. The molecule has 4 fully saturated rings. The summed E-state index contributed by atoms with van der Waals surface area (Å²) in [6.07, 6.45) is 7.15. The molecule has 9 rings (SSSR count). The van der Waals surface area contributed by atoms with Crippen LogP contribution in [0, 0.1) is 0 Å². The third-order valence-corrected chi connectivity index (χ3v) is 15.4. The van der Waals surface area contributed by atoms with Crippen LogP contribution in [0.25, 0.3) is 0 Å². The summed E-state index contributed by atoms with van der Waals surface area (Å²) in [4.78, 5) is 56.1. The van der Waals surface area contributed by atoms with E-state index in [0.717, 1.165) is 93.7 Å². The molecular formula is C47H57ClN9O6P. The molecule has 3 amide bonds. The molecule has 64 heavy (non-hydrogen) atoms. The van der Waals surface area contributed by atoms with Crippen LogP contribution < -0.4 is 35.6 Å². The molecule has 1 aromatic heterocycles. The molecule has 1 saturated carbocycles. The Labute approximate surface area is 379 Å². The maximum atomic E-state index is 13.3. The molecule has 4 aromatic rings. The summed E-state index contributed by atoms with van der Waals surface area (Å²) < 4.78 is 25.4. The number of halogens is 1. The first-order valence-corrected chi connectivity index (χ1v) is 25.4. The van der Waals surface area contributed by atoms with E-state index in [1.165, 1.54) is 11.3 Å². The number of nitrogens with zero attached hydrogens (tertiary/aromatic N) is 6. The van der Waals surface area contributed by atoms with E-state index in [9.17, 15) is 18.9 Å². The zero-order valence-corrected chi connectivity index (χ0v) is 38.6. The van der Waals surface area contributed by atoms with Gasteiger partial charge in [0.1, 0.15) is 35.8 Å². The van der Waals surface area contributed by atoms with Crippen LogP contribution in [-0.4, -0.2) is 126 Å². The first kappa shape index (κ1) is 44.0. The average molecular weight is 910 g/mol. The Morgan fingerprint density at radius 2 is 1.61 bits per heavy atom. The number of rotatable bonds is 13. The normalized spacial score (nSPS) is 22.2. The van der Waals surface area contributed by atoms with Gasteiger partial charge in [-0.1, -0.05) is 36.7 Å². The van der Waals surface area contributed by atoms with Gasteiger partial charge in [-0.3, -0.25) is 29.5 Å². The van der Waals surface area contributed by atoms with Crippen molar-refractivity contribution in [3.05, 3.63) is 82.5 Å². The maximum absolute atomic E-state index is 13.3. The standard InChI is InChI=1S/C47H57ClN9O6P/c1-5-29-23-37(51-47-49-27-35(48)44(53-47)50-36-10-6-7-12-42(36)64(3,4)61)41(62-2)26-39(29)56-17-15-30(16-18-56)54-19-21-55(22-20-54)31-24-32(25-31)63-40-11-8-9-33-34(40)28-57(46(33)60)38-13-14-43(58)52-45(38)59/h6-12,23,26-27,30-32,38H,5,13-22,24-25,28H2,1-4H3,(H,52,58,59)(H2,49,50,51,53)/t31?,32?,38-/m1/s1. The highest BCUT2D eigenvalue weighted by Gasteiger charge is 2.42. The Morgan fingerprint density at radius 1 is 0.875 bits per heavy atom. The number of aryl methyl sites for hydroxylation is 1. The summed E-state index contributed by atoms with van der Waals surface area (Å²) in [6.45, 7) is 12.1. The SMILES string of the molecule is CCc1cc(Nc2ncc(Cl)c(Nc3ccccc3P(C)(C)=O)n2)c(OC)cc1N1CCC(N2CCN(C3CC(Oc4cccc5c4CN([C@@H]4CCC(=O)NC4=O)C5=O)C3)CC2)CC1. The molecule has 0 unspecified atom stereocenters. The number of fused-ring (bicyclic) bond motifs is 1. The van der Waals surface area contributed by atoms with Crippen LogP contribution in [-0.2, 0) is 27.1 Å². The predicted molar refractivity (Wildman–Crippen MR) is 250 cm³/mol. The molecule has 5 heterocycles. The number of carbonyl (C=O) groups excluding carboxylic acids is 3. The van der Waals surface area contributed by atoms with Crippen molar-refractivity contribution in [1.82, 2.24) is 30.0 Å². The lowest BCUT2D eigenvalue weighted by Crippen LogP contribution is -2.58. The number of ether oxygens (including phenoxy) is 2. The quantitative estimate of drug-likeness (QED) is 0.100. The number of piperidine rings is 2. The highest BCUT2D eigenvalue weighted by atomic mass is 35.5. The average Bonchev–Trinajstić information content (AvgIpc) is 3.61. The Hall–Kier alpha value is -5.21. The van der Waals surface area contributed by atoms with E-state index in [4.69, 9.17) is 26.1 Å². The van der Waals surface area contributed by atoms with Crippen LogP contribution in [0.5, 0.6) is 11.5 Å². The van der Waals surface area contributed by atoms with E-state index >= 15 is 0 Å². The van der Waals surface area contributed by atoms with E-state index in [-0.39, 0.29) is 24.3 Å². The monoisotopic (exact) mass is 909 g/mol. The topological polar surface area (TPSA) is 162 Å². The number of hydrogen-bond donors (Lipinski definition) is 3. The molecule has 1 atom stereocenters. The minimum Gasteiger partial charge on any atom is -0.494 e. The number of methoxy groups -OCH3 is 1. The van der Waals surface area contributed by atoms with Gasteiger partial charge in [-0.2, -0.15) is 4.98 Å². The number of piperazine rings is 1. The van der Waals surface area contributed by atoms with Gasteiger partial charge in [-0.05, 0) is 74.9 Å². The summed E-state index contributed by atoms with van der Waals surface area (Å²) in [6, 6.07) is 17.7. The molecule has 0 bridgehead atoms. The van der Waals surface area contributed by atoms with Crippen LogP contribution in [0.1, 0.15) is 66.9 Å². The van der Waals surface area contributed by atoms with Crippen molar-refractivity contribution in [1.29, 1.82) is 0 Å². The second-order valence-electron chi connectivity index (χ2n) is 17.9. The summed E-state index contributed by atoms with van der Waals surface area (Å²) in [5, 5.41) is 10.1. The van der Waals surface area contributed by atoms with Crippen LogP contribution in [0.15, 0.2) is 60.8 Å². The second-order valence-corrected chi connectivity index (χ2v) is 21.5. The molecule has 17 heteroatoms. The minimum atomic E-state index is -2.56. The van der Waals surface area contributed by atoms with Crippen LogP contribution in [0.2, 0.25) is 5.02 Å². The van der Waals surface area contributed by atoms with Crippen molar-refractivity contribution < 1.29 is 28.4 Å². The molecular weight excluding hydrogens is 853 g/mol. The fourth-order valence-electron chi connectivity index (χ4n) is 9.99.